The van der Waals surface area contributed by atoms with Gasteiger partial charge in [0.05, 0.1) is 17.2 Å². The van der Waals surface area contributed by atoms with Gasteiger partial charge in [-0.2, -0.15) is 0 Å². The lowest BCUT2D eigenvalue weighted by Crippen LogP contribution is -2.07. The van der Waals surface area contributed by atoms with Crippen molar-refractivity contribution in [2.24, 2.45) is 0 Å². The molecule has 0 radical (unpaired) electrons. The van der Waals surface area contributed by atoms with E-state index in [9.17, 15) is 14.9 Å². The predicted octanol–water partition coefficient (Wildman–Crippen LogP) is 4.84. The SMILES string of the molecule is O=C(C#Cc1ccccc1)c1cc2ccccc2n1CC#Cc1cccc([N+](=O)[O-])c1. The Morgan fingerprint density at radius 1 is 0.871 bits per heavy atom. The fraction of sp³-hybridized carbons (Fsp3) is 0.0385. The van der Waals surface area contributed by atoms with Crippen LogP contribution in [0, 0.1) is 33.8 Å². The second kappa shape index (κ2) is 8.82. The summed E-state index contributed by atoms with van der Waals surface area (Å²) < 4.78 is 1.82. The third kappa shape index (κ3) is 4.53. The number of nitro benzene ring substituents is 1. The number of Topliss-reactive ketones (excluding diaryl/α,β-unsaturated/α-hetero) is 1. The van der Waals surface area contributed by atoms with Crippen LogP contribution in [0.15, 0.2) is 84.9 Å². The molecule has 0 aliphatic carbocycles. The Balaban J connectivity index is 1.67. The predicted molar refractivity (Wildman–Crippen MR) is 120 cm³/mol. The van der Waals surface area contributed by atoms with Gasteiger partial charge in [0.2, 0.25) is 0 Å². The highest BCUT2D eigenvalue weighted by atomic mass is 16.6. The average Bonchev–Trinajstić information content (AvgIpc) is 3.17. The monoisotopic (exact) mass is 404 g/mol. The van der Waals surface area contributed by atoms with Crippen molar-refractivity contribution in [3.8, 4) is 23.7 Å². The summed E-state index contributed by atoms with van der Waals surface area (Å²) >= 11 is 0. The van der Waals surface area contributed by atoms with Gasteiger partial charge in [-0.25, -0.2) is 0 Å². The number of nitro groups is 1. The first-order valence-corrected chi connectivity index (χ1v) is 9.55. The van der Waals surface area contributed by atoms with Gasteiger partial charge in [0.25, 0.3) is 11.5 Å². The molecule has 1 aromatic heterocycles. The minimum absolute atomic E-state index is 0.00901. The minimum atomic E-state index is -0.452. The Morgan fingerprint density at radius 2 is 1.61 bits per heavy atom. The number of para-hydroxylation sites is 1. The molecule has 0 spiro atoms. The molecule has 0 aliphatic rings. The Morgan fingerprint density at radius 3 is 2.42 bits per heavy atom. The molecule has 0 aliphatic heterocycles. The first kappa shape index (κ1) is 19.7. The Bertz CT molecular complexity index is 1410. The molecule has 0 amide bonds. The summed E-state index contributed by atoms with van der Waals surface area (Å²) in [5.74, 6) is 11.3. The second-order valence-corrected chi connectivity index (χ2v) is 6.73. The van der Waals surface area contributed by atoms with E-state index in [4.69, 9.17) is 0 Å². The summed E-state index contributed by atoms with van der Waals surface area (Å²) in [7, 11) is 0. The fourth-order valence-electron chi connectivity index (χ4n) is 3.20. The maximum atomic E-state index is 12.8. The lowest BCUT2D eigenvalue weighted by molar-refractivity contribution is -0.384. The Labute approximate surface area is 179 Å². The van der Waals surface area contributed by atoms with E-state index in [0.29, 0.717) is 11.3 Å². The fourth-order valence-corrected chi connectivity index (χ4v) is 3.20. The molecule has 0 saturated carbocycles. The van der Waals surface area contributed by atoms with Crippen molar-refractivity contribution >= 4 is 22.4 Å². The lowest BCUT2D eigenvalue weighted by Gasteiger charge is -2.03. The highest BCUT2D eigenvalue weighted by Gasteiger charge is 2.13. The minimum Gasteiger partial charge on any atom is -0.325 e. The zero-order chi connectivity index (χ0) is 21.6. The Kier molecular flexibility index (Phi) is 5.60. The zero-order valence-corrected chi connectivity index (χ0v) is 16.4. The van der Waals surface area contributed by atoms with Crippen LogP contribution in [0.4, 0.5) is 5.69 Å². The number of rotatable bonds is 3. The van der Waals surface area contributed by atoms with E-state index in [-0.39, 0.29) is 18.0 Å². The van der Waals surface area contributed by atoms with Crippen molar-refractivity contribution < 1.29 is 9.72 Å². The van der Waals surface area contributed by atoms with Crippen LogP contribution in [0.25, 0.3) is 10.9 Å². The number of fused-ring (bicyclic) bond motifs is 1. The zero-order valence-electron chi connectivity index (χ0n) is 16.4. The molecule has 0 unspecified atom stereocenters. The van der Waals surface area contributed by atoms with E-state index in [2.05, 4.69) is 23.7 Å². The van der Waals surface area contributed by atoms with Gasteiger partial charge >= 0.3 is 0 Å². The molecule has 3 aromatic carbocycles. The summed E-state index contributed by atoms with van der Waals surface area (Å²) in [4.78, 5) is 23.3. The number of benzene rings is 3. The van der Waals surface area contributed by atoms with Crippen molar-refractivity contribution in [1.82, 2.24) is 4.57 Å². The molecule has 4 aromatic rings. The standard InChI is InChI=1S/C26H16N2O3/c29-26(16-15-20-8-2-1-3-9-20)25-19-22-12-4-5-14-24(22)27(25)17-7-11-21-10-6-13-23(18-21)28(30)31/h1-6,8-10,12-14,18-19H,17H2. The van der Waals surface area contributed by atoms with Crippen LogP contribution in [0.5, 0.6) is 0 Å². The second-order valence-electron chi connectivity index (χ2n) is 6.73. The van der Waals surface area contributed by atoms with E-state index in [1.807, 2.05) is 65.2 Å². The molecule has 5 nitrogen and oxygen atoms in total. The highest BCUT2D eigenvalue weighted by molar-refractivity contribution is 6.10. The van der Waals surface area contributed by atoms with Crippen LogP contribution in [0.3, 0.4) is 0 Å². The van der Waals surface area contributed by atoms with Gasteiger partial charge in [0.1, 0.15) is 0 Å². The number of aromatic nitrogens is 1. The lowest BCUT2D eigenvalue weighted by atomic mass is 10.2. The number of ketones is 1. The molecule has 0 saturated heterocycles. The van der Waals surface area contributed by atoms with Crippen LogP contribution in [0.2, 0.25) is 0 Å². The molecular formula is C26H16N2O3. The maximum absolute atomic E-state index is 12.8. The van der Waals surface area contributed by atoms with Gasteiger partial charge in [0.15, 0.2) is 0 Å². The molecule has 148 valence electrons. The van der Waals surface area contributed by atoms with Crippen LogP contribution < -0.4 is 0 Å². The number of carbonyl (C=O) groups is 1. The summed E-state index contributed by atoms with van der Waals surface area (Å²) in [6.07, 6.45) is 0. The molecule has 0 N–H and O–H groups in total. The van der Waals surface area contributed by atoms with Crippen molar-refractivity contribution in [2.45, 2.75) is 6.54 Å². The van der Waals surface area contributed by atoms with E-state index in [0.717, 1.165) is 16.5 Å². The van der Waals surface area contributed by atoms with Gasteiger partial charge in [-0.05, 0) is 36.3 Å². The van der Waals surface area contributed by atoms with Crippen LogP contribution in [0.1, 0.15) is 21.6 Å². The quantitative estimate of drug-likeness (QED) is 0.212. The van der Waals surface area contributed by atoms with Crippen LogP contribution in [-0.2, 0) is 6.54 Å². The third-order valence-electron chi connectivity index (χ3n) is 4.66. The van der Waals surface area contributed by atoms with E-state index < -0.39 is 4.92 Å². The summed E-state index contributed by atoms with van der Waals surface area (Å²) in [5.41, 5.74) is 2.63. The highest BCUT2D eigenvalue weighted by Crippen LogP contribution is 2.20. The largest absolute Gasteiger partial charge is 0.325 e. The van der Waals surface area contributed by atoms with Crippen molar-refractivity contribution in [1.29, 1.82) is 0 Å². The molecular weight excluding hydrogens is 388 g/mol. The molecule has 0 atom stereocenters. The van der Waals surface area contributed by atoms with Gasteiger partial charge in [-0.3, -0.25) is 14.9 Å². The molecule has 1 heterocycles. The smallest absolute Gasteiger partial charge is 0.270 e. The summed E-state index contributed by atoms with van der Waals surface area (Å²) in [6.45, 7) is 0.254. The first-order chi connectivity index (χ1) is 15.1. The molecule has 0 bridgehead atoms. The normalized spacial score (nSPS) is 9.94. The average molecular weight is 404 g/mol. The number of nitrogens with zero attached hydrogens (tertiary/aromatic N) is 2. The molecule has 4 rings (SSSR count). The Hall–Kier alpha value is -4.61. The van der Waals surface area contributed by atoms with Crippen molar-refractivity contribution in [2.75, 3.05) is 0 Å². The number of hydrogen-bond acceptors (Lipinski definition) is 3. The van der Waals surface area contributed by atoms with Gasteiger partial charge < -0.3 is 4.57 Å². The molecule has 0 fully saturated rings. The topological polar surface area (TPSA) is 65.1 Å². The van der Waals surface area contributed by atoms with Crippen LogP contribution >= 0.6 is 0 Å². The van der Waals surface area contributed by atoms with E-state index in [1.165, 1.54) is 12.1 Å². The van der Waals surface area contributed by atoms with Crippen molar-refractivity contribution in [3.63, 3.8) is 0 Å². The third-order valence-corrected chi connectivity index (χ3v) is 4.66. The molecule has 5 heteroatoms. The van der Waals surface area contributed by atoms with Gasteiger partial charge in [-0.15, -0.1) is 0 Å². The molecule has 31 heavy (non-hydrogen) atoms. The van der Waals surface area contributed by atoms with E-state index >= 15 is 0 Å². The number of non-ortho nitro benzene ring substituents is 1. The number of carbonyl (C=O) groups excluding carboxylic acids is 1. The first-order valence-electron chi connectivity index (χ1n) is 9.55. The van der Waals surface area contributed by atoms with Crippen molar-refractivity contribution in [3.05, 3.63) is 112 Å². The summed E-state index contributed by atoms with van der Waals surface area (Å²) in [5, 5.41) is 11.9. The van der Waals surface area contributed by atoms with Gasteiger partial charge in [-0.1, -0.05) is 60.2 Å². The maximum Gasteiger partial charge on any atom is 0.270 e. The number of hydrogen-bond donors (Lipinski definition) is 0. The van der Waals surface area contributed by atoms with E-state index in [1.54, 1.807) is 12.1 Å². The van der Waals surface area contributed by atoms with Crippen LogP contribution in [-0.4, -0.2) is 15.3 Å². The summed E-state index contributed by atoms with van der Waals surface area (Å²) in [6, 6.07) is 25.0. The van der Waals surface area contributed by atoms with Gasteiger partial charge in [0, 0.05) is 34.2 Å².